The summed E-state index contributed by atoms with van der Waals surface area (Å²) in [6.45, 7) is 7.19. The molecule has 5 heteroatoms. The summed E-state index contributed by atoms with van der Waals surface area (Å²) in [6, 6.07) is -0.594. The summed E-state index contributed by atoms with van der Waals surface area (Å²) in [5.74, 6) is -0.820. The van der Waals surface area contributed by atoms with E-state index in [2.05, 4.69) is 5.10 Å². The minimum atomic E-state index is -0.820. The average Bonchev–Trinajstić information content (AvgIpc) is 2.53. The molecule has 16 heavy (non-hydrogen) atoms. The van der Waals surface area contributed by atoms with Crippen LogP contribution in [0.4, 0.5) is 0 Å². The molecule has 0 aliphatic rings. The Morgan fingerprint density at radius 1 is 1.56 bits per heavy atom. The molecular weight excluding hydrogens is 206 g/mol. The lowest BCUT2D eigenvalue weighted by atomic mass is 10.1. The van der Waals surface area contributed by atoms with Crippen LogP contribution in [0.2, 0.25) is 0 Å². The summed E-state index contributed by atoms with van der Waals surface area (Å²) in [5.41, 5.74) is 1.56. The molecule has 1 aromatic heterocycles. The van der Waals surface area contributed by atoms with Crippen molar-refractivity contribution < 1.29 is 9.90 Å². The normalized spacial score (nSPS) is 13.1. The predicted octanol–water partition coefficient (Wildman–Crippen LogP) is 1.20. The van der Waals surface area contributed by atoms with Crippen LogP contribution in [-0.2, 0) is 11.8 Å². The number of nitrogens with zero attached hydrogens (tertiary/aromatic N) is 3. The van der Waals surface area contributed by atoms with Gasteiger partial charge in [-0.2, -0.15) is 5.10 Å². The van der Waals surface area contributed by atoms with Gasteiger partial charge in [-0.05, 0) is 20.0 Å². The number of aromatic nitrogens is 2. The second-order valence-corrected chi connectivity index (χ2v) is 3.81. The summed E-state index contributed by atoms with van der Waals surface area (Å²) in [7, 11) is 1.80. The van der Waals surface area contributed by atoms with Crippen molar-refractivity contribution in [1.82, 2.24) is 14.7 Å². The van der Waals surface area contributed by atoms with Crippen molar-refractivity contribution in [3.63, 3.8) is 0 Å². The lowest BCUT2D eigenvalue weighted by molar-refractivity contribution is -0.143. The zero-order valence-corrected chi connectivity index (χ0v) is 10.3. The zero-order chi connectivity index (χ0) is 12.3. The highest BCUT2D eigenvalue weighted by molar-refractivity contribution is 5.75. The number of carboxylic acid groups (broad SMARTS) is 1. The summed E-state index contributed by atoms with van der Waals surface area (Å²) >= 11 is 0. The number of aliphatic carboxylic acids is 1. The van der Waals surface area contributed by atoms with Gasteiger partial charge in [-0.3, -0.25) is 14.4 Å². The molecule has 1 aromatic rings. The SMILES string of the molecule is CCN(CC)C(C(=O)O)c1cn(C)nc1C. The first-order chi connectivity index (χ1) is 7.51. The van der Waals surface area contributed by atoms with Crippen LogP contribution in [0.1, 0.15) is 31.1 Å². The van der Waals surface area contributed by atoms with Crippen molar-refractivity contribution >= 4 is 5.97 Å². The number of rotatable bonds is 5. The van der Waals surface area contributed by atoms with Crippen LogP contribution in [0.3, 0.4) is 0 Å². The second-order valence-electron chi connectivity index (χ2n) is 3.81. The molecule has 0 saturated carbocycles. The molecule has 1 atom stereocenters. The van der Waals surface area contributed by atoms with Crippen molar-refractivity contribution in [2.75, 3.05) is 13.1 Å². The van der Waals surface area contributed by atoms with E-state index in [1.54, 1.807) is 17.9 Å². The van der Waals surface area contributed by atoms with E-state index in [0.29, 0.717) is 13.1 Å². The Morgan fingerprint density at radius 2 is 2.12 bits per heavy atom. The van der Waals surface area contributed by atoms with Gasteiger partial charge in [0.25, 0.3) is 0 Å². The first kappa shape index (κ1) is 12.7. The fourth-order valence-corrected chi connectivity index (χ4v) is 1.96. The van der Waals surface area contributed by atoms with Gasteiger partial charge in [-0.1, -0.05) is 13.8 Å². The van der Waals surface area contributed by atoms with Gasteiger partial charge < -0.3 is 5.11 Å². The Morgan fingerprint density at radius 3 is 2.44 bits per heavy atom. The van der Waals surface area contributed by atoms with E-state index in [9.17, 15) is 9.90 Å². The number of carboxylic acids is 1. The monoisotopic (exact) mass is 225 g/mol. The van der Waals surface area contributed by atoms with E-state index in [1.807, 2.05) is 25.7 Å². The van der Waals surface area contributed by atoms with Crippen LogP contribution in [0.15, 0.2) is 6.20 Å². The van der Waals surface area contributed by atoms with E-state index in [4.69, 9.17) is 0 Å². The summed E-state index contributed by atoms with van der Waals surface area (Å²) in [4.78, 5) is 13.3. The van der Waals surface area contributed by atoms with Crippen LogP contribution in [0, 0.1) is 6.92 Å². The molecule has 0 radical (unpaired) electrons. The Balaban J connectivity index is 3.11. The van der Waals surface area contributed by atoms with Crippen LogP contribution in [0.25, 0.3) is 0 Å². The molecule has 0 fully saturated rings. The Kier molecular flexibility index (Phi) is 4.06. The van der Waals surface area contributed by atoms with Crippen molar-refractivity contribution in [3.8, 4) is 0 Å². The van der Waals surface area contributed by atoms with Crippen LogP contribution in [-0.4, -0.2) is 38.8 Å². The molecule has 90 valence electrons. The third-order valence-electron chi connectivity index (χ3n) is 2.76. The van der Waals surface area contributed by atoms with Crippen LogP contribution in [0.5, 0.6) is 0 Å². The highest BCUT2D eigenvalue weighted by atomic mass is 16.4. The molecule has 1 heterocycles. The average molecular weight is 225 g/mol. The van der Waals surface area contributed by atoms with Gasteiger partial charge in [0.15, 0.2) is 0 Å². The number of hydrogen-bond donors (Lipinski definition) is 1. The summed E-state index contributed by atoms with van der Waals surface area (Å²) in [5, 5.41) is 13.5. The van der Waals surface area contributed by atoms with E-state index in [1.165, 1.54) is 0 Å². The largest absolute Gasteiger partial charge is 0.480 e. The highest BCUT2D eigenvalue weighted by Gasteiger charge is 2.28. The lowest BCUT2D eigenvalue weighted by Crippen LogP contribution is -2.34. The molecule has 0 spiro atoms. The molecule has 1 rings (SSSR count). The fourth-order valence-electron chi connectivity index (χ4n) is 1.96. The van der Waals surface area contributed by atoms with E-state index < -0.39 is 12.0 Å². The molecule has 0 aliphatic carbocycles. The van der Waals surface area contributed by atoms with Gasteiger partial charge >= 0.3 is 5.97 Å². The maximum atomic E-state index is 11.3. The molecule has 1 N–H and O–H groups in total. The van der Waals surface area contributed by atoms with Gasteiger partial charge in [0.05, 0.1) is 5.69 Å². The number of hydrogen-bond acceptors (Lipinski definition) is 3. The van der Waals surface area contributed by atoms with Crippen molar-refractivity contribution in [1.29, 1.82) is 0 Å². The Labute approximate surface area is 95.7 Å². The van der Waals surface area contributed by atoms with E-state index in [0.717, 1.165) is 11.3 Å². The minimum absolute atomic E-state index is 0.594. The second kappa shape index (κ2) is 5.12. The minimum Gasteiger partial charge on any atom is -0.480 e. The molecule has 0 amide bonds. The maximum Gasteiger partial charge on any atom is 0.325 e. The highest BCUT2D eigenvalue weighted by Crippen LogP contribution is 2.23. The third kappa shape index (κ3) is 2.41. The smallest absolute Gasteiger partial charge is 0.325 e. The first-order valence-corrected chi connectivity index (χ1v) is 5.48. The van der Waals surface area contributed by atoms with Crippen LogP contribution < -0.4 is 0 Å². The first-order valence-electron chi connectivity index (χ1n) is 5.48. The molecule has 0 saturated heterocycles. The number of carbonyl (C=O) groups is 1. The number of aryl methyl sites for hydroxylation is 2. The van der Waals surface area contributed by atoms with Gasteiger partial charge in [0.2, 0.25) is 0 Å². The van der Waals surface area contributed by atoms with Gasteiger partial charge in [-0.15, -0.1) is 0 Å². The van der Waals surface area contributed by atoms with Crippen molar-refractivity contribution in [2.24, 2.45) is 7.05 Å². The summed E-state index contributed by atoms with van der Waals surface area (Å²) in [6.07, 6.45) is 1.78. The molecule has 0 aliphatic heterocycles. The quantitative estimate of drug-likeness (QED) is 0.818. The predicted molar refractivity (Wildman–Crippen MR) is 61.2 cm³/mol. The topological polar surface area (TPSA) is 58.4 Å². The van der Waals surface area contributed by atoms with Gasteiger partial charge in [-0.25, -0.2) is 0 Å². The molecule has 1 unspecified atom stereocenters. The molecule has 5 nitrogen and oxygen atoms in total. The summed E-state index contributed by atoms with van der Waals surface area (Å²) < 4.78 is 1.66. The van der Waals surface area contributed by atoms with Crippen molar-refractivity contribution in [3.05, 3.63) is 17.5 Å². The Bertz CT molecular complexity index is 369. The molecule has 0 aromatic carbocycles. The fraction of sp³-hybridized carbons (Fsp3) is 0.636. The van der Waals surface area contributed by atoms with Crippen LogP contribution >= 0.6 is 0 Å². The van der Waals surface area contributed by atoms with Gasteiger partial charge in [0, 0.05) is 18.8 Å². The Hall–Kier alpha value is -1.36. The van der Waals surface area contributed by atoms with Gasteiger partial charge in [0.1, 0.15) is 6.04 Å². The lowest BCUT2D eigenvalue weighted by Gasteiger charge is -2.25. The third-order valence-corrected chi connectivity index (χ3v) is 2.76. The van der Waals surface area contributed by atoms with E-state index in [-0.39, 0.29) is 0 Å². The van der Waals surface area contributed by atoms with E-state index >= 15 is 0 Å². The van der Waals surface area contributed by atoms with Crippen molar-refractivity contribution in [2.45, 2.75) is 26.8 Å². The zero-order valence-electron chi connectivity index (χ0n) is 10.3. The molecular formula is C11H19N3O2. The molecule has 0 bridgehead atoms. The standard InChI is InChI=1S/C11H19N3O2/c1-5-14(6-2)10(11(15)16)9-7-13(4)12-8(9)3/h7,10H,5-6H2,1-4H3,(H,15,16). The maximum absolute atomic E-state index is 11.3. The number of likely N-dealkylation sites (N-methyl/N-ethyl adjacent to an activating group) is 1.